The Morgan fingerprint density at radius 1 is 0.917 bits per heavy atom. The molecule has 1 fully saturated rings. The molecule has 0 atom stereocenters. The second kappa shape index (κ2) is 7.68. The highest BCUT2D eigenvalue weighted by molar-refractivity contribution is 6.07. The summed E-state index contributed by atoms with van der Waals surface area (Å²) in [7, 11) is 0. The molecule has 1 aromatic carbocycles. The summed E-state index contributed by atoms with van der Waals surface area (Å²) in [6, 6.07) is 8.83. The second-order valence-electron chi connectivity index (χ2n) is 5.78. The zero-order chi connectivity index (χ0) is 16.8. The van der Waals surface area contributed by atoms with Crippen LogP contribution in [0, 0.1) is 0 Å². The number of rotatable bonds is 3. The minimum atomic E-state index is -0.305. The number of nitrogens with zero attached hydrogens (tertiary/aromatic N) is 3. The van der Waals surface area contributed by atoms with Crippen molar-refractivity contribution in [2.24, 2.45) is 0 Å². The Morgan fingerprint density at radius 3 is 2.29 bits per heavy atom. The molecule has 1 saturated heterocycles. The fraction of sp³-hybridized carbons (Fsp3) is 0.333. The predicted molar refractivity (Wildman–Crippen MR) is 90.8 cm³/mol. The number of amides is 2. The van der Waals surface area contributed by atoms with E-state index in [1.54, 1.807) is 29.2 Å². The largest absolute Gasteiger partial charge is 0.337 e. The third-order valence-electron chi connectivity index (χ3n) is 4.06. The summed E-state index contributed by atoms with van der Waals surface area (Å²) < 4.78 is 0. The van der Waals surface area contributed by atoms with Crippen LogP contribution < -0.4 is 5.32 Å². The number of hydrogen-bond donors (Lipinski definition) is 1. The SMILES string of the molecule is O=C(Nc1nccnc1C(=O)N1CCCCCC1)c1ccccc1. The molecule has 0 aliphatic carbocycles. The maximum atomic E-state index is 12.8. The fourth-order valence-electron chi connectivity index (χ4n) is 2.78. The van der Waals surface area contributed by atoms with Crippen LogP contribution in [0.4, 0.5) is 5.82 Å². The van der Waals surface area contributed by atoms with Crippen LogP contribution in [0.25, 0.3) is 0 Å². The Labute approximate surface area is 140 Å². The van der Waals surface area contributed by atoms with Crippen molar-refractivity contribution in [2.45, 2.75) is 25.7 Å². The molecular weight excluding hydrogens is 304 g/mol. The highest BCUT2D eigenvalue weighted by Gasteiger charge is 2.23. The molecule has 6 heteroatoms. The number of benzene rings is 1. The Kier molecular flexibility index (Phi) is 5.15. The van der Waals surface area contributed by atoms with E-state index in [0.29, 0.717) is 5.56 Å². The van der Waals surface area contributed by atoms with E-state index in [-0.39, 0.29) is 23.3 Å². The average Bonchev–Trinajstić information content (AvgIpc) is 2.92. The van der Waals surface area contributed by atoms with E-state index >= 15 is 0 Å². The lowest BCUT2D eigenvalue weighted by molar-refractivity contribution is 0.0756. The van der Waals surface area contributed by atoms with Gasteiger partial charge in [0, 0.05) is 31.0 Å². The summed E-state index contributed by atoms with van der Waals surface area (Å²) in [5.74, 6) is -0.269. The first-order chi connectivity index (χ1) is 11.8. The van der Waals surface area contributed by atoms with Gasteiger partial charge in [-0.2, -0.15) is 0 Å². The molecular formula is C18H20N4O2. The third kappa shape index (κ3) is 3.76. The monoisotopic (exact) mass is 324 g/mol. The van der Waals surface area contributed by atoms with Crippen molar-refractivity contribution in [1.82, 2.24) is 14.9 Å². The van der Waals surface area contributed by atoms with Crippen LogP contribution in [0.3, 0.4) is 0 Å². The van der Waals surface area contributed by atoms with Crippen LogP contribution in [-0.4, -0.2) is 39.8 Å². The van der Waals surface area contributed by atoms with Gasteiger partial charge in [0.05, 0.1) is 0 Å². The van der Waals surface area contributed by atoms with E-state index in [9.17, 15) is 9.59 Å². The van der Waals surface area contributed by atoms with Gasteiger partial charge in [-0.25, -0.2) is 9.97 Å². The lowest BCUT2D eigenvalue weighted by Crippen LogP contribution is -2.33. The number of anilines is 1. The second-order valence-corrected chi connectivity index (χ2v) is 5.78. The molecule has 1 aliphatic rings. The van der Waals surface area contributed by atoms with Crippen LogP contribution in [0.15, 0.2) is 42.7 Å². The van der Waals surface area contributed by atoms with Crippen LogP contribution in [0.5, 0.6) is 0 Å². The molecule has 2 amide bonds. The van der Waals surface area contributed by atoms with E-state index < -0.39 is 0 Å². The van der Waals surface area contributed by atoms with Crippen LogP contribution >= 0.6 is 0 Å². The Bertz CT molecular complexity index is 710. The molecule has 0 bridgehead atoms. The zero-order valence-corrected chi connectivity index (χ0v) is 13.4. The van der Waals surface area contributed by atoms with Gasteiger partial charge >= 0.3 is 0 Å². The molecule has 1 aromatic heterocycles. The van der Waals surface area contributed by atoms with Gasteiger partial charge in [-0.3, -0.25) is 9.59 Å². The van der Waals surface area contributed by atoms with E-state index in [0.717, 1.165) is 38.8 Å². The normalized spacial score (nSPS) is 14.8. The molecule has 24 heavy (non-hydrogen) atoms. The first-order valence-electron chi connectivity index (χ1n) is 8.22. The topological polar surface area (TPSA) is 75.2 Å². The first-order valence-corrected chi connectivity index (χ1v) is 8.22. The van der Waals surface area contributed by atoms with E-state index in [1.807, 2.05) is 6.07 Å². The van der Waals surface area contributed by atoms with Crippen molar-refractivity contribution in [3.05, 3.63) is 54.0 Å². The Morgan fingerprint density at radius 2 is 1.58 bits per heavy atom. The van der Waals surface area contributed by atoms with Crippen LogP contribution in [0.2, 0.25) is 0 Å². The minimum absolute atomic E-state index is 0.173. The van der Waals surface area contributed by atoms with Crippen molar-refractivity contribution in [1.29, 1.82) is 0 Å². The first kappa shape index (κ1) is 16.1. The number of hydrogen-bond acceptors (Lipinski definition) is 4. The summed E-state index contributed by atoms with van der Waals surface area (Å²) in [6.07, 6.45) is 7.22. The molecule has 0 saturated carbocycles. The maximum absolute atomic E-state index is 12.8. The Hall–Kier alpha value is -2.76. The molecule has 2 aromatic rings. The van der Waals surface area contributed by atoms with Crippen LogP contribution in [-0.2, 0) is 0 Å². The molecule has 1 N–H and O–H groups in total. The van der Waals surface area contributed by atoms with Gasteiger partial charge in [-0.05, 0) is 25.0 Å². The molecule has 0 unspecified atom stereocenters. The molecule has 124 valence electrons. The predicted octanol–water partition coefficient (Wildman–Crippen LogP) is 2.75. The van der Waals surface area contributed by atoms with Gasteiger partial charge in [-0.15, -0.1) is 0 Å². The van der Waals surface area contributed by atoms with Gasteiger partial charge in [-0.1, -0.05) is 31.0 Å². The van der Waals surface area contributed by atoms with Crippen molar-refractivity contribution >= 4 is 17.6 Å². The summed E-state index contributed by atoms with van der Waals surface area (Å²) in [5, 5.41) is 2.70. The lowest BCUT2D eigenvalue weighted by Gasteiger charge is -2.20. The van der Waals surface area contributed by atoms with E-state index in [4.69, 9.17) is 0 Å². The zero-order valence-electron chi connectivity index (χ0n) is 13.4. The average molecular weight is 324 g/mol. The minimum Gasteiger partial charge on any atom is -0.337 e. The smallest absolute Gasteiger partial charge is 0.276 e. The molecule has 0 radical (unpaired) electrons. The molecule has 0 spiro atoms. The molecule has 6 nitrogen and oxygen atoms in total. The summed E-state index contributed by atoms with van der Waals surface area (Å²) in [4.78, 5) is 35.2. The standard InChI is InChI=1S/C18H20N4O2/c23-17(14-8-4-3-5-9-14)21-16-15(19-10-11-20-16)18(24)22-12-6-1-2-7-13-22/h3-5,8-11H,1-2,6-7,12-13H2,(H,20,21,23). The fourth-order valence-corrected chi connectivity index (χ4v) is 2.78. The van der Waals surface area contributed by atoms with Crippen molar-refractivity contribution in [2.75, 3.05) is 18.4 Å². The third-order valence-corrected chi connectivity index (χ3v) is 4.06. The van der Waals surface area contributed by atoms with Crippen molar-refractivity contribution in [3.8, 4) is 0 Å². The highest BCUT2D eigenvalue weighted by atomic mass is 16.2. The quantitative estimate of drug-likeness (QED) is 0.942. The number of likely N-dealkylation sites (tertiary alicyclic amines) is 1. The highest BCUT2D eigenvalue weighted by Crippen LogP contribution is 2.17. The number of nitrogens with one attached hydrogen (secondary N) is 1. The number of carbonyl (C=O) groups excluding carboxylic acids is 2. The van der Waals surface area contributed by atoms with Gasteiger partial charge < -0.3 is 10.2 Å². The lowest BCUT2D eigenvalue weighted by atomic mass is 10.2. The molecule has 1 aliphatic heterocycles. The molecule has 2 heterocycles. The summed E-state index contributed by atoms with van der Waals surface area (Å²) in [6.45, 7) is 1.45. The van der Waals surface area contributed by atoms with Crippen LogP contribution in [0.1, 0.15) is 46.5 Å². The molecule has 3 rings (SSSR count). The van der Waals surface area contributed by atoms with Crippen molar-refractivity contribution in [3.63, 3.8) is 0 Å². The number of carbonyl (C=O) groups is 2. The summed E-state index contributed by atoms with van der Waals surface area (Å²) in [5.41, 5.74) is 0.708. The van der Waals surface area contributed by atoms with Gasteiger partial charge in [0.25, 0.3) is 11.8 Å². The van der Waals surface area contributed by atoms with Gasteiger partial charge in [0.1, 0.15) is 0 Å². The van der Waals surface area contributed by atoms with E-state index in [1.165, 1.54) is 12.4 Å². The van der Waals surface area contributed by atoms with Crippen molar-refractivity contribution < 1.29 is 9.59 Å². The Balaban J connectivity index is 1.80. The number of aromatic nitrogens is 2. The van der Waals surface area contributed by atoms with Gasteiger partial charge in [0.2, 0.25) is 0 Å². The van der Waals surface area contributed by atoms with E-state index in [2.05, 4.69) is 15.3 Å². The summed E-state index contributed by atoms with van der Waals surface area (Å²) >= 11 is 0. The van der Waals surface area contributed by atoms with Gasteiger partial charge in [0.15, 0.2) is 11.5 Å². The maximum Gasteiger partial charge on any atom is 0.276 e.